The van der Waals surface area contributed by atoms with Crippen molar-refractivity contribution in [1.82, 2.24) is 15.2 Å². The minimum atomic E-state index is 0.247. The highest BCUT2D eigenvalue weighted by atomic mass is 35.5. The van der Waals surface area contributed by atoms with Crippen LogP contribution in [0.25, 0.3) is 0 Å². The number of pyridine rings is 1. The maximum Gasteiger partial charge on any atom is 0.213 e. The predicted molar refractivity (Wildman–Crippen MR) is 66.5 cm³/mol. The zero-order valence-electron chi connectivity index (χ0n) is 9.60. The van der Waals surface area contributed by atoms with Crippen LogP contribution in [0.1, 0.15) is 6.42 Å². The van der Waals surface area contributed by atoms with Crippen molar-refractivity contribution < 1.29 is 4.74 Å². The van der Waals surface area contributed by atoms with Gasteiger partial charge in [-0.1, -0.05) is 11.6 Å². The number of nitrogens with zero attached hydrogens (tertiary/aromatic N) is 2. The topological polar surface area (TPSA) is 37.4 Å². The summed E-state index contributed by atoms with van der Waals surface area (Å²) in [5, 5.41) is 4.06. The van der Waals surface area contributed by atoms with E-state index in [1.54, 1.807) is 6.20 Å². The number of fused-ring (bicyclic) bond motifs is 1. The molecular weight excluding hydrogens is 238 g/mol. The van der Waals surface area contributed by atoms with Crippen molar-refractivity contribution in [3.8, 4) is 5.88 Å². The zero-order valence-corrected chi connectivity index (χ0v) is 10.4. The first-order valence-electron chi connectivity index (χ1n) is 6.06. The standard InChI is InChI=1S/C12H16ClN3O/c13-9-1-2-12(15-7-9)17-11-3-5-16-6-4-14-8-10(11)16/h1-2,7,10-11,14H,3-6,8H2/t10-,11-/m1/s1. The first kappa shape index (κ1) is 11.3. The lowest BCUT2D eigenvalue weighted by Gasteiger charge is -2.32. The van der Waals surface area contributed by atoms with Gasteiger partial charge < -0.3 is 10.1 Å². The zero-order chi connectivity index (χ0) is 11.7. The molecule has 2 fully saturated rings. The van der Waals surface area contributed by atoms with Gasteiger partial charge in [0.15, 0.2) is 0 Å². The first-order valence-corrected chi connectivity index (χ1v) is 6.44. The number of ether oxygens (including phenoxy) is 1. The number of halogens is 1. The van der Waals surface area contributed by atoms with Crippen molar-refractivity contribution in [2.24, 2.45) is 0 Å². The lowest BCUT2D eigenvalue weighted by molar-refractivity contribution is 0.114. The van der Waals surface area contributed by atoms with E-state index in [1.807, 2.05) is 12.1 Å². The molecule has 3 rings (SSSR count). The summed E-state index contributed by atoms with van der Waals surface area (Å²) in [4.78, 5) is 6.68. The van der Waals surface area contributed by atoms with Crippen LogP contribution in [0.4, 0.5) is 0 Å². The van der Waals surface area contributed by atoms with E-state index in [0.29, 0.717) is 16.9 Å². The summed E-state index contributed by atoms with van der Waals surface area (Å²) in [7, 11) is 0. The Morgan fingerprint density at radius 2 is 2.35 bits per heavy atom. The minimum Gasteiger partial charge on any atom is -0.473 e. The van der Waals surface area contributed by atoms with Crippen LogP contribution in [-0.2, 0) is 0 Å². The Bertz CT molecular complexity index is 384. The summed E-state index contributed by atoms with van der Waals surface area (Å²) < 4.78 is 5.95. The van der Waals surface area contributed by atoms with Crippen LogP contribution in [0.3, 0.4) is 0 Å². The fraction of sp³-hybridized carbons (Fsp3) is 0.583. The number of nitrogens with one attached hydrogen (secondary N) is 1. The molecule has 2 atom stereocenters. The number of piperazine rings is 1. The Morgan fingerprint density at radius 3 is 3.18 bits per heavy atom. The van der Waals surface area contributed by atoms with Crippen molar-refractivity contribution >= 4 is 11.6 Å². The second-order valence-corrected chi connectivity index (χ2v) is 5.00. The summed E-state index contributed by atoms with van der Waals surface area (Å²) >= 11 is 5.80. The van der Waals surface area contributed by atoms with Crippen LogP contribution in [0.15, 0.2) is 18.3 Å². The van der Waals surface area contributed by atoms with Gasteiger partial charge in [0.2, 0.25) is 5.88 Å². The maximum atomic E-state index is 5.95. The Kier molecular flexibility index (Phi) is 3.18. The predicted octanol–water partition coefficient (Wildman–Crippen LogP) is 1.16. The van der Waals surface area contributed by atoms with E-state index >= 15 is 0 Å². The third-order valence-electron chi connectivity index (χ3n) is 3.50. The molecule has 0 unspecified atom stereocenters. The molecule has 2 aliphatic heterocycles. The number of aromatic nitrogens is 1. The third kappa shape index (κ3) is 2.39. The summed E-state index contributed by atoms with van der Waals surface area (Å²) in [5.74, 6) is 0.673. The van der Waals surface area contributed by atoms with Crippen molar-refractivity contribution in [3.63, 3.8) is 0 Å². The molecule has 0 aromatic carbocycles. The smallest absolute Gasteiger partial charge is 0.213 e. The monoisotopic (exact) mass is 253 g/mol. The van der Waals surface area contributed by atoms with Crippen molar-refractivity contribution in [3.05, 3.63) is 23.4 Å². The summed E-state index contributed by atoms with van der Waals surface area (Å²) in [6.45, 7) is 4.35. The average molecular weight is 254 g/mol. The van der Waals surface area contributed by atoms with Gasteiger partial charge in [-0.15, -0.1) is 0 Å². The summed E-state index contributed by atoms with van der Waals surface area (Å²) in [6, 6.07) is 4.14. The molecule has 17 heavy (non-hydrogen) atoms. The second-order valence-electron chi connectivity index (χ2n) is 4.57. The summed E-state index contributed by atoms with van der Waals surface area (Å²) in [6.07, 6.45) is 2.95. The Morgan fingerprint density at radius 1 is 1.41 bits per heavy atom. The van der Waals surface area contributed by atoms with Crippen molar-refractivity contribution in [2.45, 2.75) is 18.6 Å². The summed E-state index contributed by atoms with van der Waals surface area (Å²) in [5.41, 5.74) is 0. The van der Waals surface area contributed by atoms with Crippen LogP contribution >= 0.6 is 11.6 Å². The molecule has 4 nitrogen and oxygen atoms in total. The maximum absolute atomic E-state index is 5.95. The highest BCUT2D eigenvalue weighted by molar-refractivity contribution is 6.30. The molecule has 2 saturated heterocycles. The van der Waals surface area contributed by atoms with Gasteiger partial charge in [0.25, 0.3) is 0 Å². The molecule has 3 heterocycles. The molecule has 2 aliphatic rings. The molecule has 5 heteroatoms. The lowest BCUT2D eigenvalue weighted by atomic mass is 10.1. The average Bonchev–Trinajstić information content (AvgIpc) is 2.76. The van der Waals surface area contributed by atoms with Gasteiger partial charge in [-0.25, -0.2) is 4.98 Å². The second kappa shape index (κ2) is 4.80. The quantitative estimate of drug-likeness (QED) is 0.858. The van der Waals surface area contributed by atoms with E-state index in [1.165, 1.54) is 0 Å². The van der Waals surface area contributed by atoms with E-state index in [2.05, 4.69) is 15.2 Å². The van der Waals surface area contributed by atoms with Gasteiger partial charge in [0, 0.05) is 38.4 Å². The van der Waals surface area contributed by atoms with Gasteiger partial charge in [-0.3, -0.25) is 4.90 Å². The molecule has 92 valence electrons. The number of hydrogen-bond acceptors (Lipinski definition) is 4. The third-order valence-corrected chi connectivity index (χ3v) is 3.72. The first-order chi connectivity index (χ1) is 8.33. The lowest BCUT2D eigenvalue weighted by Crippen LogP contribution is -2.52. The van der Waals surface area contributed by atoms with Crippen LogP contribution in [0, 0.1) is 0 Å². The largest absolute Gasteiger partial charge is 0.473 e. The van der Waals surface area contributed by atoms with Crippen LogP contribution in [-0.4, -0.2) is 48.2 Å². The highest BCUT2D eigenvalue weighted by Crippen LogP contribution is 2.24. The molecule has 0 spiro atoms. The van der Waals surface area contributed by atoms with Gasteiger partial charge in [-0.05, 0) is 12.5 Å². The SMILES string of the molecule is Clc1ccc(O[C@@H]2CCN3CCNC[C@H]23)nc1. The van der Waals surface area contributed by atoms with Crippen LogP contribution in [0.2, 0.25) is 5.02 Å². The van der Waals surface area contributed by atoms with Crippen LogP contribution in [0.5, 0.6) is 5.88 Å². The van der Waals surface area contributed by atoms with Crippen LogP contribution < -0.4 is 10.1 Å². The Hall–Kier alpha value is -0.840. The van der Waals surface area contributed by atoms with Crippen molar-refractivity contribution in [1.29, 1.82) is 0 Å². The number of rotatable bonds is 2. The number of hydrogen-bond donors (Lipinski definition) is 1. The Labute approximate surface area is 106 Å². The normalized spacial score (nSPS) is 29.0. The highest BCUT2D eigenvalue weighted by Gasteiger charge is 2.37. The molecule has 0 radical (unpaired) electrons. The Balaban J connectivity index is 1.67. The molecule has 0 amide bonds. The fourth-order valence-corrected chi connectivity index (χ4v) is 2.73. The molecule has 0 saturated carbocycles. The molecule has 1 N–H and O–H groups in total. The van der Waals surface area contributed by atoms with E-state index in [0.717, 1.165) is 32.6 Å². The van der Waals surface area contributed by atoms with E-state index in [-0.39, 0.29) is 6.10 Å². The van der Waals surface area contributed by atoms with E-state index in [9.17, 15) is 0 Å². The fourth-order valence-electron chi connectivity index (χ4n) is 2.62. The van der Waals surface area contributed by atoms with E-state index in [4.69, 9.17) is 16.3 Å². The minimum absolute atomic E-state index is 0.247. The molecule has 0 aliphatic carbocycles. The van der Waals surface area contributed by atoms with Crippen molar-refractivity contribution in [2.75, 3.05) is 26.2 Å². The molecule has 0 bridgehead atoms. The molecule has 1 aromatic heterocycles. The van der Waals surface area contributed by atoms with Gasteiger partial charge >= 0.3 is 0 Å². The molecule has 1 aromatic rings. The van der Waals surface area contributed by atoms with Gasteiger partial charge in [0.05, 0.1) is 11.1 Å². The van der Waals surface area contributed by atoms with E-state index < -0.39 is 0 Å². The van der Waals surface area contributed by atoms with Gasteiger partial charge in [0.1, 0.15) is 6.10 Å². The van der Waals surface area contributed by atoms with Gasteiger partial charge in [-0.2, -0.15) is 0 Å². The molecular formula is C12H16ClN3O.